The molecule has 3 rings (SSSR count). The molecule has 0 spiro atoms. The number of carbonyl (C=O) groups is 1. The van der Waals surface area contributed by atoms with Crippen molar-refractivity contribution in [1.82, 2.24) is 20.0 Å². The van der Waals surface area contributed by atoms with Gasteiger partial charge in [0.25, 0.3) is 0 Å². The highest BCUT2D eigenvalue weighted by atomic mass is 16.5. The van der Waals surface area contributed by atoms with E-state index in [1.807, 2.05) is 17.9 Å². The Morgan fingerprint density at radius 2 is 2.33 bits per heavy atom. The molecule has 0 aromatic carbocycles. The van der Waals surface area contributed by atoms with Gasteiger partial charge in [-0.1, -0.05) is 5.16 Å². The molecular formula is C15H18N4O2. The number of hydrogen-bond acceptors (Lipinski definition) is 5. The van der Waals surface area contributed by atoms with Crippen molar-refractivity contribution < 1.29 is 9.32 Å². The van der Waals surface area contributed by atoms with Gasteiger partial charge < -0.3 is 9.42 Å². The van der Waals surface area contributed by atoms with E-state index in [1.54, 1.807) is 19.4 Å². The lowest BCUT2D eigenvalue weighted by atomic mass is 9.91. The molecule has 0 N–H and O–H groups in total. The largest absolute Gasteiger partial charge is 0.356 e. The molecule has 0 bridgehead atoms. The van der Waals surface area contributed by atoms with Gasteiger partial charge in [-0.3, -0.25) is 4.79 Å². The third-order valence-electron chi connectivity index (χ3n) is 3.89. The van der Waals surface area contributed by atoms with Crippen LogP contribution in [0.3, 0.4) is 0 Å². The molecule has 1 fully saturated rings. The predicted molar refractivity (Wildman–Crippen MR) is 76.5 cm³/mol. The molecular weight excluding hydrogens is 268 g/mol. The zero-order chi connectivity index (χ0) is 14.8. The van der Waals surface area contributed by atoms with Crippen LogP contribution in [0, 0.1) is 6.92 Å². The van der Waals surface area contributed by atoms with Gasteiger partial charge in [0.05, 0.1) is 17.0 Å². The van der Waals surface area contributed by atoms with Gasteiger partial charge in [0.1, 0.15) is 6.33 Å². The SMILES string of the molecule is CC(=O)N1CCC[C@H](c2ncncc2-c2cc(C)no2)C1. The molecule has 1 aliphatic rings. The summed E-state index contributed by atoms with van der Waals surface area (Å²) in [5, 5.41) is 3.93. The van der Waals surface area contributed by atoms with Gasteiger partial charge in [-0.15, -0.1) is 0 Å². The molecule has 3 heterocycles. The minimum absolute atomic E-state index is 0.116. The number of likely N-dealkylation sites (tertiary alicyclic amines) is 1. The van der Waals surface area contributed by atoms with Crippen molar-refractivity contribution in [3.8, 4) is 11.3 Å². The van der Waals surface area contributed by atoms with E-state index < -0.39 is 0 Å². The number of aryl methyl sites for hydroxylation is 1. The summed E-state index contributed by atoms with van der Waals surface area (Å²) in [6.45, 7) is 5.03. The smallest absolute Gasteiger partial charge is 0.219 e. The van der Waals surface area contributed by atoms with Crippen LogP contribution in [0.1, 0.15) is 37.1 Å². The Kier molecular flexibility index (Phi) is 3.68. The molecule has 2 aromatic rings. The number of carbonyl (C=O) groups excluding carboxylic acids is 1. The van der Waals surface area contributed by atoms with Crippen LogP contribution in [-0.2, 0) is 4.79 Å². The molecule has 110 valence electrons. The lowest BCUT2D eigenvalue weighted by Crippen LogP contribution is -2.38. The van der Waals surface area contributed by atoms with E-state index in [9.17, 15) is 4.79 Å². The second kappa shape index (κ2) is 5.63. The van der Waals surface area contributed by atoms with Crippen molar-refractivity contribution in [3.05, 3.63) is 30.0 Å². The van der Waals surface area contributed by atoms with Crippen LogP contribution in [0.15, 0.2) is 23.1 Å². The quantitative estimate of drug-likeness (QED) is 0.846. The number of nitrogens with zero attached hydrogens (tertiary/aromatic N) is 4. The molecule has 6 heteroatoms. The maximum Gasteiger partial charge on any atom is 0.219 e. The van der Waals surface area contributed by atoms with E-state index in [4.69, 9.17) is 4.52 Å². The van der Waals surface area contributed by atoms with Gasteiger partial charge in [-0.2, -0.15) is 0 Å². The summed E-state index contributed by atoms with van der Waals surface area (Å²) in [6.07, 6.45) is 5.31. The zero-order valence-electron chi connectivity index (χ0n) is 12.2. The van der Waals surface area contributed by atoms with Crippen LogP contribution in [0.5, 0.6) is 0 Å². The number of amides is 1. The van der Waals surface area contributed by atoms with Gasteiger partial charge in [-0.05, 0) is 19.8 Å². The average molecular weight is 286 g/mol. The Morgan fingerprint density at radius 1 is 1.48 bits per heavy atom. The molecule has 0 unspecified atom stereocenters. The van der Waals surface area contributed by atoms with E-state index in [0.717, 1.165) is 36.3 Å². The molecule has 2 aromatic heterocycles. The highest BCUT2D eigenvalue weighted by Crippen LogP contribution is 2.32. The van der Waals surface area contributed by atoms with E-state index >= 15 is 0 Å². The van der Waals surface area contributed by atoms with E-state index in [-0.39, 0.29) is 11.8 Å². The molecule has 1 atom stereocenters. The van der Waals surface area contributed by atoms with Gasteiger partial charge >= 0.3 is 0 Å². The van der Waals surface area contributed by atoms with Gasteiger partial charge in [0, 0.05) is 38.2 Å². The predicted octanol–water partition coefficient (Wildman–Crippen LogP) is 2.17. The van der Waals surface area contributed by atoms with Crippen LogP contribution < -0.4 is 0 Å². The van der Waals surface area contributed by atoms with Gasteiger partial charge in [0.15, 0.2) is 5.76 Å². The first-order chi connectivity index (χ1) is 10.1. The van der Waals surface area contributed by atoms with E-state index in [0.29, 0.717) is 12.3 Å². The van der Waals surface area contributed by atoms with Gasteiger partial charge in [-0.25, -0.2) is 9.97 Å². The third-order valence-corrected chi connectivity index (χ3v) is 3.89. The molecule has 0 aliphatic carbocycles. The Bertz CT molecular complexity index is 653. The van der Waals surface area contributed by atoms with Crippen molar-refractivity contribution in [2.45, 2.75) is 32.6 Å². The fourth-order valence-corrected chi connectivity index (χ4v) is 2.83. The Balaban J connectivity index is 1.93. The van der Waals surface area contributed by atoms with E-state index in [2.05, 4.69) is 15.1 Å². The van der Waals surface area contributed by atoms with Crippen LogP contribution in [0.25, 0.3) is 11.3 Å². The lowest BCUT2D eigenvalue weighted by Gasteiger charge is -2.32. The van der Waals surface area contributed by atoms with Crippen molar-refractivity contribution in [1.29, 1.82) is 0 Å². The molecule has 0 radical (unpaired) electrons. The summed E-state index contributed by atoms with van der Waals surface area (Å²) in [4.78, 5) is 22.0. The third kappa shape index (κ3) is 2.79. The Morgan fingerprint density at radius 3 is 3.05 bits per heavy atom. The Hall–Kier alpha value is -2.24. The van der Waals surface area contributed by atoms with Crippen molar-refractivity contribution in [2.75, 3.05) is 13.1 Å². The summed E-state index contributed by atoms with van der Waals surface area (Å²) in [6, 6.07) is 1.88. The van der Waals surface area contributed by atoms with Crippen LogP contribution in [0.2, 0.25) is 0 Å². The van der Waals surface area contributed by atoms with Crippen molar-refractivity contribution >= 4 is 5.91 Å². The topological polar surface area (TPSA) is 72.1 Å². The molecule has 1 saturated heterocycles. The molecule has 0 saturated carbocycles. The highest BCUT2D eigenvalue weighted by molar-refractivity contribution is 5.73. The number of aromatic nitrogens is 3. The van der Waals surface area contributed by atoms with Gasteiger partial charge in [0.2, 0.25) is 5.91 Å². The number of rotatable bonds is 2. The summed E-state index contributed by atoms with van der Waals surface area (Å²) < 4.78 is 5.35. The van der Waals surface area contributed by atoms with Crippen molar-refractivity contribution in [2.24, 2.45) is 0 Å². The zero-order valence-corrected chi connectivity index (χ0v) is 12.2. The van der Waals surface area contributed by atoms with Crippen LogP contribution >= 0.6 is 0 Å². The highest BCUT2D eigenvalue weighted by Gasteiger charge is 2.27. The average Bonchev–Trinajstić information content (AvgIpc) is 2.94. The molecule has 1 aliphatic heterocycles. The van der Waals surface area contributed by atoms with Crippen molar-refractivity contribution in [3.63, 3.8) is 0 Å². The minimum Gasteiger partial charge on any atom is -0.356 e. The first kappa shape index (κ1) is 13.7. The summed E-state index contributed by atoms with van der Waals surface area (Å²) in [5.74, 6) is 1.01. The number of piperidine rings is 1. The summed E-state index contributed by atoms with van der Waals surface area (Å²) in [7, 11) is 0. The normalized spacial score (nSPS) is 18.8. The summed E-state index contributed by atoms with van der Waals surface area (Å²) >= 11 is 0. The Labute approximate surface area is 123 Å². The molecule has 21 heavy (non-hydrogen) atoms. The lowest BCUT2D eigenvalue weighted by molar-refractivity contribution is -0.130. The first-order valence-electron chi connectivity index (χ1n) is 7.14. The fraction of sp³-hybridized carbons (Fsp3) is 0.467. The van der Waals surface area contributed by atoms with E-state index in [1.165, 1.54) is 0 Å². The fourth-order valence-electron chi connectivity index (χ4n) is 2.83. The standard InChI is InChI=1S/C15H18N4O2/c1-10-6-14(21-18-10)13-7-16-9-17-15(13)12-4-3-5-19(8-12)11(2)20/h6-7,9,12H,3-5,8H2,1-2H3/t12-/m0/s1. The maximum absolute atomic E-state index is 11.6. The minimum atomic E-state index is 0.116. The molecule has 6 nitrogen and oxygen atoms in total. The summed E-state index contributed by atoms with van der Waals surface area (Å²) in [5.41, 5.74) is 2.63. The first-order valence-corrected chi connectivity index (χ1v) is 7.14. The van der Waals surface area contributed by atoms with Crippen LogP contribution in [-0.4, -0.2) is 39.0 Å². The monoisotopic (exact) mass is 286 g/mol. The second-order valence-electron chi connectivity index (χ2n) is 5.46. The maximum atomic E-state index is 11.6. The molecule has 1 amide bonds. The van der Waals surface area contributed by atoms with Crippen LogP contribution in [0.4, 0.5) is 0 Å². The number of hydrogen-bond donors (Lipinski definition) is 0. The second-order valence-corrected chi connectivity index (χ2v) is 5.46.